The van der Waals surface area contributed by atoms with Gasteiger partial charge >= 0.3 is 0 Å². The molecule has 13 aromatic rings. The third-order valence-corrected chi connectivity index (χ3v) is 12.0. The van der Waals surface area contributed by atoms with E-state index < -0.39 is 0 Å². The van der Waals surface area contributed by atoms with Crippen molar-refractivity contribution in [2.24, 2.45) is 0 Å². The molecule has 0 saturated heterocycles. The van der Waals surface area contributed by atoms with Crippen molar-refractivity contribution in [1.82, 2.24) is 18.3 Å². The monoisotopic (exact) mass is 728 g/mol. The SMILES string of the molecule is c1ccc2c(c1)ccn2-c1ccc2c(c1)c1ccccc1n2-c1ccc2oc3ccc(-n4c5ccccc5c5cc(-n6ccc7ccccc76)ccc54)cc3c2c1. The van der Waals surface area contributed by atoms with Crippen LogP contribution in [0.25, 0.3) is 110 Å². The Balaban J connectivity index is 0.979. The molecule has 0 aliphatic carbocycles. The number of furan rings is 1. The fourth-order valence-corrected chi connectivity index (χ4v) is 9.43. The van der Waals surface area contributed by atoms with Gasteiger partial charge in [0, 0.05) is 67.5 Å². The quantitative estimate of drug-likeness (QED) is 0.178. The van der Waals surface area contributed by atoms with E-state index in [2.05, 4.69) is 213 Å². The van der Waals surface area contributed by atoms with Gasteiger partial charge in [0.25, 0.3) is 0 Å². The summed E-state index contributed by atoms with van der Waals surface area (Å²) in [5, 5.41) is 9.55. The molecular formula is C52H32N4O. The number of aromatic nitrogens is 4. The molecule has 8 aromatic carbocycles. The van der Waals surface area contributed by atoms with Crippen LogP contribution in [0, 0.1) is 0 Å². The summed E-state index contributed by atoms with van der Waals surface area (Å²) in [4.78, 5) is 0. The zero-order valence-electron chi connectivity index (χ0n) is 30.7. The minimum atomic E-state index is 0.874. The Bertz CT molecular complexity index is 3530. The molecule has 5 heterocycles. The summed E-state index contributed by atoms with van der Waals surface area (Å²) in [6.07, 6.45) is 4.33. The number of fused-ring (bicyclic) bond motifs is 11. The smallest absolute Gasteiger partial charge is 0.135 e. The Hall–Kier alpha value is -7.76. The molecule has 13 rings (SSSR count). The molecule has 5 aromatic heterocycles. The van der Waals surface area contributed by atoms with Crippen LogP contribution in [0.5, 0.6) is 0 Å². The van der Waals surface area contributed by atoms with Crippen molar-refractivity contribution in [3.8, 4) is 22.7 Å². The standard InChI is InChI=1S/C52H32N4O/c1-5-13-45-33(9-1)25-27-53(45)35-17-21-49-41(29-35)39-11-3-7-15-47(39)55(49)37-19-23-51-43(31-37)44-32-38(20-24-52(44)57-51)56-48-16-8-4-12-40(48)42-30-36(18-22-50(42)56)54-28-26-34-10-2-6-14-46(34)54/h1-32H. The van der Waals surface area contributed by atoms with Crippen molar-refractivity contribution < 1.29 is 4.42 Å². The highest BCUT2D eigenvalue weighted by Crippen LogP contribution is 2.39. The second-order valence-electron chi connectivity index (χ2n) is 15.1. The second kappa shape index (κ2) is 11.4. The molecule has 57 heavy (non-hydrogen) atoms. The van der Waals surface area contributed by atoms with Crippen molar-refractivity contribution in [3.63, 3.8) is 0 Å². The fourth-order valence-electron chi connectivity index (χ4n) is 9.43. The van der Waals surface area contributed by atoms with Gasteiger partial charge in [0.2, 0.25) is 0 Å². The summed E-state index contributed by atoms with van der Waals surface area (Å²) in [6.45, 7) is 0. The number of para-hydroxylation sites is 4. The predicted molar refractivity (Wildman–Crippen MR) is 236 cm³/mol. The van der Waals surface area contributed by atoms with Crippen molar-refractivity contribution in [1.29, 1.82) is 0 Å². The highest BCUT2D eigenvalue weighted by molar-refractivity contribution is 6.13. The summed E-state index contributed by atoms with van der Waals surface area (Å²) in [5.74, 6) is 0. The minimum absolute atomic E-state index is 0.874. The Kier molecular flexibility index (Phi) is 6.10. The zero-order valence-corrected chi connectivity index (χ0v) is 30.7. The van der Waals surface area contributed by atoms with Crippen LogP contribution in [0.3, 0.4) is 0 Å². The van der Waals surface area contributed by atoms with Gasteiger partial charge in [-0.25, -0.2) is 0 Å². The first-order valence-corrected chi connectivity index (χ1v) is 19.4. The molecule has 0 N–H and O–H groups in total. The highest BCUT2D eigenvalue weighted by Gasteiger charge is 2.18. The van der Waals surface area contributed by atoms with Gasteiger partial charge in [-0.15, -0.1) is 0 Å². The number of rotatable bonds is 4. The zero-order chi connectivity index (χ0) is 37.2. The summed E-state index contributed by atoms with van der Waals surface area (Å²) in [7, 11) is 0. The van der Waals surface area contributed by atoms with E-state index in [9.17, 15) is 0 Å². The molecule has 0 unspecified atom stereocenters. The van der Waals surface area contributed by atoms with Gasteiger partial charge in [-0.1, -0.05) is 72.8 Å². The van der Waals surface area contributed by atoms with E-state index in [-0.39, 0.29) is 0 Å². The third kappa shape index (κ3) is 4.34. The molecule has 0 radical (unpaired) electrons. The van der Waals surface area contributed by atoms with E-state index >= 15 is 0 Å². The largest absolute Gasteiger partial charge is 0.456 e. The molecule has 0 bridgehead atoms. The van der Waals surface area contributed by atoms with Gasteiger partial charge in [-0.05, 0) is 120 Å². The van der Waals surface area contributed by atoms with E-state index in [0.717, 1.165) is 44.7 Å². The Morgan fingerprint density at radius 1 is 0.281 bits per heavy atom. The number of hydrogen-bond donors (Lipinski definition) is 0. The number of nitrogens with zero attached hydrogens (tertiary/aromatic N) is 4. The summed E-state index contributed by atoms with van der Waals surface area (Å²) in [5.41, 5.74) is 13.3. The van der Waals surface area contributed by atoms with Crippen LogP contribution < -0.4 is 0 Å². The van der Waals surface area contributed by atoms with E-state index in [1.165, 1.54) is 65.4 Å². The average Bonchev–Trinajstić information content (AvgIpc) is 4.09. The third-order valence-electron chi connectivity index (χ3n) is 12.0. The van der Waals surface area contributed by atoms with Crippen LogP contribution >= 0.6 is 0 Å². The molecule has 266 valence electrons. The van der Waals surface area contributed by atoms with Crippen molar-refractivity contribution in [2.75, 3.05) is 0 Å². The van der Waals surface area contributed by atoms with Crippen LogP contribution in [0.4, 0.5) is 0 Å². The van der Waals surface area contributed by atoms with Crippen LogP contribution in [0.2, 0.25) is 0 Å². The molecule has 5 heteroatoms. The van der Waals surface area contributed by atoms with E-state index in [0.29, 0.717) is 0 Å². The van der Waals surface area contributed by atoms with Crippen molar-refractivity contribution in [2.45, 2.75) is 0 Å². The molecule has 0 fully saturated rings. The molecule has 5 nitrogen and oxygen atoms in total. The fraction of sp³-hybridized carbons (Fsp3) is 0. The van der Waals surface area contributed by atoms with Gasteiger partial charge in [-0.2, -0.15) is 0 Å². The maximum absolute atomic E-state index is 6.51. The van der Waals surface area contributed by atoms with E-state index in [4.69, 9.17) is 4.42 Å². The van der Waals surface area contributed by atoms with Crippen molar-refractivity contribution in [3.05, 3.63) is 194 Å². The van der Waals surface area contributed by atoms with Gasteiger partial charge in [-0.3, -0.25) is 0 Å². The van der Waals surface area contributed by atoms with Crippen LogP contribution in [0.1, 0.15) is 0 Å². The maximum atomic E-state index is 6.51. The molecule has 0 spiro atoms. The van der Waals surface area contributed by atoms with Crippen molar-refractivity contribution >= 4 is 87.4 Å². The van der Waals surface area contributed by atoms with Crippen LogP contribution in [-0.4, -0.2) is 18.3 Å². The lowest BCUT2D eigenvalue weighted by Gasteiger charge is -2.10. The molecule has 0 amide bonds. The lowest BCUT2D eigenvalue weighted by molar-refractivity contribution is 0.669. The first kappa shape index (κ1) is 30.6. The molecule has 0 atom stereocenters. The van der Waals surface area contributed by atoms with Gasteiger partial charge in [0.15, 0.2) is 0 Å². The maximum Gasteiger partial charge on any atom is 0.135 e. The molecule has 0 aliphatic heterocycles. The first-order valence-electron chi connectivity index (χ1n) is 19.4. The second-order valence-corrected chi connectivity index (χ2v) is 15.1. The van der Waals surface area contributed by atoms with Gasteiger partial charge in [0.1, 0.15) is 11.2 Å². The first-order chi connectivity index (χ1) is 28.2. The normalized spacial score (nSPS) is 12.2. The lowest BCUT2D eigenvalue weighted by atomic mass is 10.1. The van der Waals surface area contributed by atoms with E-state index in [1.807, 2.05) is 0 Å². The Labute approximate surface area is 326 Å². The average molecular weight is 729 g/mol. The summed E-state index contributed by atoms with van der Waals surface area (Å²) in [6, 6.07) is 65.8. The molecule has 0 aliphatic rings. The highest BCUT2D eigenvalue weighted by atomic mass is 16.3. The lowest BCUT2D eigenvalue weighted by Crippen LogP contribution is -1.95. The minimum Gasteiger partial charge on any atom is -0.456 e. The predicted octanol–water partition coefficient (Wildman–Crippen LogP) is 13.7. The topological polar surface area (TPSA) is 32.9 Å². The van der Waals surface area contributed by atoms with Gasteiger partial charge < -0.3 is 22.7 Å². The Morgan fingerprint density at radius 2 is 0.667 bits per heavy atom. The summed E-state index contributed by atoms with van der Waals surface area (Å²) >= 11 is 0. The van der Waals surface area contributed by atoms with E-state index in [1.54, 1.807) is 0 Å². The number of benzene rings is 8. The van der Waals surface area contributed by atoms with Crippen LogP contribution in [0.15, 0.2) is 199 Å². The van der Waals surface area contributed by atoms with Gasteiger partial charge in [0.05, 0.1) is 33.1 Å². The molecule has 0 saturated carbocycles. The Morgan fingerprint density at radius 3 is 1.16 bits per heavy atom. The summed E-state index contributed by atoms with van der Waals surface area (Å²) < 4.78 is 15.9. The number of hydrogen-bond acceptors (Lipinski definition) is 1. The van der Waals surface area contributed by atoms with Crippen LogP contribution in [-0.2, 0) is 0 Å². The molecular weight excluding hydrogens is 697 g/mol.